The average Bonchev–Trinajstić information content (AvgIpc) is 1.90. The van der Waals surface area contributed by atoms with Crippen molar-refractivity contribution in [2.24, 2.45) is 0 Å². The molecule has 0 nitrogen and oxygen atoms in total. The molecular weight excluding hydrogens is 142 g/mol. The SMILES string of the molecule is Fc1ccc(CS)cc1.[H-].[Li+]. The van der Waals surface area contributed by atoms with Gasteiger partial charge in [-0.15, -0.1) is 0 Å². The summed E-state index contributed by atoms with van der Waals surface area (Å²) in [4.78, 5) is 0. The molecule has 0 aromatic heterocycles. The Morgan fingerprint density at radius 1 is 1.30 bits per heavy atom. The third-order valence-electron chi connectivity index (χ3n) is 1.10. The van der Waals surface area contributed by atoms with Crippen LogP contribution in [0, 0.1) is 5.82 Å². The fraction of sp³-hybridized carbons (Fsp3) is 0.143. The van der Waals surface area contributed by atoms with Crippen molar-refractivity contribution in [3.63, 3.8) is 0 Å². The first-order valence-corrected chi connectivity index (χ1v) is 3.31. The van der Waals surface area contributed by atoms with Gasteiger partial charge in [-0.2, -0.15) is 12.6 Å². The molecule has 1 rings (SSSR count). The third-order valence-corrected chi connectivity index (χ3v) is 1.46. The number of rotatable bonds is 1. The van der Waals surface area contributed by atoms with Gasteiger partial charge in [0.1, 0.15) is 5.82 Å². The molecule has 0 heterocycles. The van der Waals surface area contributed by atoms with Crippen molar-refractivity contribution in [1.82, 2.24) is 0 Å². The van der Waals surface area contributed by atoms with E-state index >= 15 is 0 Å². The first-order chi connectivity index (χ1) is 4.33. The molecule has 0 fully saturated rings. The molecule has 0 saturated heterocycles. The smallest absolute Gasteiger partial charge is 1.00 e. The van der Waals surface area contributed by atoms with E-state index in [1.807, 2.05) is 0 Å². The summed E-state index contributed by atoms with van der Waals surface area (Å²) >= 11 is 4.02. The van der Waals surface area contributed by atoms with E-state index in [2.05, 4.69) is 12.6 Å². The molecule has 0 spiro atoms. The van der Waals surface area contributed by atoms with Gasteiger partial charge in [-0.1, -0.05) is 12.1 Å². The van der Waals surface area contributed by atoms with Crippen molar-refractivity contribution in [3.8, 4) is 0 Å². The first-order valence-electron chi connectivity index (χ1n) is 2.68. The zero-order valence-electron chi connectivity index (χ0n) is 6.84. The zero-order valence-corrected chi connectivity index (χ0v) is 6.74. The maximum Gasteiger partial charge on any atom is 1.00 e. The van der Waals surface area contributed by atoms with Crippen LogP contribution in [-0.2, 0) is 5.75 Å². The van der Waals surface area contributed by atoms with Crippen LogP contribution in [0.5, 0.6) is 0 Å². The molecular formula is C7H8FLiS. The van der Waals surface area contributed by atoms with Gasteiger partial charge in [0.25, 0.3) is 0 Å². The van der Waals surface area contributed by atoms with Crippen LogP contribution >= 0.6 is 12.6 Å². The Morgan fingerprint density at radius 3 is 2.20 bits per heavy atom. The van der Waals surface area contributed by atoms with Crippen molar-refractivity contribution in [1.29, 1.82) is 0 Å². The number of halogens is 1. The summed E-state index contributed by atoms with van der Waals surface area (Å²) in [6.45, 7) is 0. The normalized spacial score (nSPS) is 8.60. The Hall–Kier alpha value is 0.0974. The summed E-state index contributed by atoms with van der Waals surface area (Å²) < 4.78 is 12.2. The first kappa shape index (κ1) is 10.1. The molecule has 1 aromatic carbocycles. The molecule has 0 N–H and O–H groups in total. The van der Waals surface area contributed by atoms with Crippen LogP contribution in [0.25, 0.3) is 0 Å². The minimum Gasteiger partial charge on any atom is -1.00 e. The fourth-order valence-corrected chi connectivity index (χ4v) is 0.801. The molecule has 10 heavy (non-hydrogen) atoms. The van der Waals surface area contributed by atoms with E-state index in [9.17, 15) is 4.39 Å². The number of thiol groups is 1. The Morgan fingerprint density at radius 2 is 1.80 bits per heavy atom. The van der Waals surface area contributed by atoms with Gasteiger partial charge in [0.15, 0.2) is 0 Å². The van der Waals surface area contributed by atoms with Crippen molar-refractivity contribution in [3.05, 3.63) is 35.6 Å². The number of hydrogen-bond donors (Lipinski definition) is 1. The van der Waals surface area contributed by atoms with Crippen LogP contribution in [0.4, 0.5) is 4.39 Å². The monoisotopic (exact) mass is 150 g/mol. The Labute approximate surface area is 78.9 Å². The summed E-state index contributed by atoms with van der Waals surface area (Å²) in [7, 11) is 0. The van der Waals surface area contributed by atoms with Gasteiger partial charge in [0, 0.05) is 5.75 Å². The summed E-state index contributed by atoms with van der Waals surface area (Å²) in [5.41, 5.74) is 1.04. The minimum absolute atomic E-state index is 0. The van der Waals surface area contributed by atoms with E-state index in [0.717, 1.165) is 5.56 Å². The zero-order chi connectivity index (χ0) is 6.69. The molecule has 3 heteroatoms. The van der Waals surface area contributed by atoms with Crippen LogP contribution < -0.4 is 18.9 Å². The van der Waals surface area contributed by atoms with Crippen LogP contribution in [0.2, 0.25) is 0 Å². The second kappa shape index (κ2) is 4.84. The summed E-state index contributed by atoms with van der Waals surface area (Å²) in [5, 5.41) is 0. The van der Waals surface area contributed by atoms with Gasteiger partial charge >= 0.3 is 18.9 Å². The van der Waals surface area contributed by atoms with Gasteiger partial charge in [0.2, 0.25) is 0 Å². The van der Waals surface area contributed by atoms with E-state index < -0.39 is 0 Å². The quantitative estimate of drug-likeness (QED) is 0.400. The molecule has 0 atom stereocenters. The number of benzene rings is 1. The molecule has 0 aliphatic rings. The Balaban J connectivity index is 0. The van der Waals surface area contributed by atoms with Crippen LogP contribution in [-0.4, -0.2) is 0 Å². The van der Waals surface area contributed by atoms with Gasteiger partial charge in [0.05, 0.1) is 0 Å². The molecule has 50 valence electrons. The molecule has 0 saturated carbocycles. The van der Waals surface area contributed by atoms with E-state index in [1.54, 1.807) is 12.1 Å². The maximum absolute atomic E-state index is 12.2. The van der Waals surface area contributed by atoms with Crippen LogP contribution in [0.1, 0.15) is 6.99 Å². The second-order valence-corrected chi connectivity index (χ2v) is 2.10. The predicted octanol–water partition coefficient (Wildman–Crippen LogP) is -0.628. The van der Waals surface area contributed by atoms with E-state index in [4.69, 9.17) is 0 Å². The van der Waals surface area contributed by atoms with Crippen molar-refractivity contribution < 1.29 is 24.7 Å². The third kappa shape index (κ3) is 2.79. The molecule has 0 radical (unpaired) electrons. The van der Waals surface area contributed by atoms with Crippen LogP contribution in [0.15, 0.2) is 24.3 Å². The Bertz CT molecular complexity index is 190. The van der Waals surface area contributed by atoms with E-state index in [1.165, 1.54) is 12.1 Å². The molecule has 0 bridgehead atoms. The van der Waals surface area contributed by atoms with Crippen molar-refractivity contribution in [2.45, 2.75) is 5.75 Å². The molecule has 0 aliphatic heterocycles. The maximum atomic E-state index is 12.2. The predicted molar refractivity (Wildman–Crippen MR) is 40.2 cm³/mol. The summed E-state index contributed by atoms with van der Waals surface area (Å²) in [6.07, 6.45) is 0. The van der Waals surface area contributed by atoms with Gasteiger partial charge in [-0.25, -0.2) is 4.39 Å². The molecule has 0 amide bonds. The largest absolute Gasteiger partial charge is 1.00 e. The molecule has 0 unspecified atom stereocenters. The fourth-order valence-electron chi connectivity index (χ4n) is 0.590. The topological polar surface area (TPSA) is 0 Å². The number of hydrogen-bond acceptors (Lipinski definition) is 1. The second-order valence-electron chi connectivity index (χ2n) is 1.78. The summed E-state index contributed by atoms with van der Waals surface area (Å²) in [6, 6.07) is 6.32. The summed E-state index contributed by atoms with van der Waals surface area (Å²) in [5.74, 6) is 0.473. The standard InChI is InChI=1S/C7H7FS.Li.H/c8-7-3-1-6(5-9)2-4-7;;/h1-4,9H,5H2;;/q;+1;-1. The van der Waals surface area contributed by atoms with E-state index in [0.29, 0.717) is 5.75 Å². The average molecular weight is 150 g/mol. The molecule has 1 aromatic rings. The van der Waals surface area contributed by atoms with Gasteiger partial charge in [-0.3, -0.25) is 0 Å². The van der Waals surface area contributed by atoms with Gasteiger partial charge < -0.3 is 1.43 Å². The van der Waals surface area contributed by atoms with Crippen molar-refractivity contribution in [2.75, 3.05) is 0 Å². The minimum atomic E-state index is -0.194. The molecule has 0 aliphatic carbocycles. The van der Waals surface area contributed by atoms with Gasteiger partial charge in [-0.05, 0) is 17.7 Å². The van der Waals surface area contributed by atoms with E-state index in [-0.39, 0.29) is 26.1 Å². The Kier molecular flexibility index (Phi) is 4.89. The van der Waals surface area contributed by atoms with Crippen molar-refractivity contribution >= 4 is 12.6 Å². The van der Waals surface area contributed by atoms with Crippen LogP contribution in [0.3, 0.4) is 0 Å².